The molecule has 0 atom stereocenters. The van der Waals surface area contributed by atoms with Crippen molar-refractivity contribution in [2.24, 2.45) is 0 Å². The number of pyridine rings is 1. The Kier molecular flexibility index (Phi) is 13.0. The summed E-state index contributed by atoms with van der Waals surface area (Å²) in [5.74, 6) is 0. The molecule has 15 aromatic carbocycles. The first-order valence-corrected chi connectivity index (χ1v) is 35.1. The van der Waals surface area contributed by atoms with Crippen molar-refractivity contribution in [3.8, 4) is 90.1 Å². The van der Waals surface area contributed by atoms with Crippen molar-refractivity contribution >= 4 is 109 Å². The molecule has 0 unspecified atom stereocenters. The third-order valence-electron chi connectivity index (χ3n) is 21.4. The molecule has 7 heteroatoms. The Hall–Kier alpha value is -14.1. The Labute approximate surface area is 592 Å². The van der Waals surface area contributed by atoms with Gasteiger partial charge in [-0.3, -0.25) is 4.57 Å². The van der Waals surface area contributed by atoms with E-state index in [1.165, 1.54) is 0 Å². The van der Waals surface area contributed by atoms with Gasteiger partial charge >= 0.3 is 0 Å². The Morgan fingerprint density at radius 3 is 0.825 bits per heavy atom. The molecule has 0 fully saturated rings. The number of rotatable bonds is 10. The smallest absolute Gasteiger partial charge is 0.145 e. The lowest BCUT2D eigenvalue weighted by atomic mass is 9.93. The summed E-state index contributed by atoms with van der Waals surface area (Å²) < 4.78 is 12.2. The molecular weight excluding hydrogens is 1250 g/mol. The molecule has 6 heterocycles. The Balaban J connectivity index is 1.02. The highest BCUT2D eigenvalue weighted by Crippen LogP contribution is 2.53. The van der Waals surface area contributed by atoms with Gasteiger partial charge in [0.05, 0.1) is 72.4 Å². The van der Waals surface area contributed by atoms with Crippen LogP contribution in [0.4, 0.5) is 0 Å². The molecular formula is C96H59N7. The van der Waals surface area contributed by atoms with E-state index in [0.29, 0.717) is 5.56 Å². The zero-order valence-corrected chi connectivity index (χ0v) is 55.7. The summed E-state index contributed by atoms with van der Waals surface area (Å²) in [6.45, 7) is 0. The van der Waals surface area contributed by atoms with Gasteiger partial charge in [0, 0.05) is 71.3 Å². The molecule has 478 valence electrons. The quantitative estimate of drug-likeness (QED) is 0.137. The van der Waals surface area contributed by atoms with E-state index in [9.17, 15) is 5.26 Å². The van der Waals surface area contributed by atoms with Crippen LogP contribution in [0.3, 0.4) is 0 Å². The molecule has 0 radical (unpaired) electrons. The Morgan fingerprint density at radius 2 is 0.485 bits per heavy atom. The van der Waals surface area contributed by atoms with Gasteiger partial charge in [0.2, 0.25) is 0 Å². The number of aromatic nitrogens is 6. The fourth-order valence-electron chi connectivity index (χ4n) is 16.9. The number of benzene rings is 15. The van der Waals surface area contributed by atoms with Crippen LogP contribution in [0.1, 0.15) is 5.56 Å². The molecule has 0 aliphatic rings. The molecule has 0 spiro atoms. The maximum Gasteiger partial charge on any atom is 0.145 e. The average molecular weight is 1310 g/mol. The summed E-state index contributed by atoms with van der Waals surface area (Å²) in [5.41, 5.74) is 25.2. The van der Waals surface area contributed by atoms with Crippen LogP contribution < -0.4 is 0 Å². The molecule has 0 saturated heterocycles. The lowest BCUT2D eigenvalue weighted by molar-refractivity contribution is 1.04. The molecule has 103 heavy (non-hydrogen) atoms. The van der Waals surface area contributed by atoms with E-state index in [4.69, 9.17) is 4.98 Å². The predicted molar refractivity (Wildman–Crippen MR) is 428 cm³/mol. The van der Waals surface area contributed by atoms with Crippen LogP contribution in [0.2, 0.25) is 0 Å². The van der Waals surface area contributed by atoms with Gasteiger partial charge in [0.1, 0.15) is 17.3 Å². The summed E-state index contributed by atoms with van der Waals surface area (Å²) in [6, 6.07) is 131. The number of fused-ring (bicyclic) bond motifs is 15. The van der Waals surface area contributed by atoms with Crippen LogP contribution in [0.15, 0.2) is 358 Å². The molecule has 0 aliphatic carbocycles. The molecule has 0 amide bonds. The van der Waals surface area contributed by atoms with Crippen molar-refractivity contribution in [2.45, 2.75) is 0 Å². The third kappa shape index (κ3) is 8.78. The van der Waals surface area contributed by atoms with Crippen molar-refractivity contribution in [1.82, 2.24) is 27.8 Å². The number of para-hydroxylation sites is 5. The highest BCUT2D eigenvalue weighted by molar-refractivity contribution is 6.19. The zero-order chi connectivity index (χ0) is 67.8. The van der Waals surface area contributed by atoms with E-state index in [2.05, 4.69) is 375 Å². The van der Waals surface area contributed by atoms with Gasteiger partial charge in [0.25, 0.3) is 0 Å². The second-order valence-electron chi connectivity index (χ2n) is 26.8. The fourth-order valence-corrected chi connectivity index (χ4v) is 16.9. The summed E-state index contributed by atoms with van der Waals surface area (Å²) in [4.78, 5) is 5.10. The highest BCUT2D eigenvalue weighted by atomic mass is 15.1. The van der Waals surface area contributed by atoms with Crippen molar-refractivity contribution in [2.75, 3.05) is 0 Å². The van der Waals surface area contributed by atoms with Gasteiger partial charge in [-0.2, -0.15) is 5.26 Å². The van der Waals surface area contributed by atoms with Gasteiger partial charge in [-0.1, -0.05) is 249 Å². The van der Waals surface area contributed by atoms with Crippen LogP contribution in [-0.2, 0) is 0 Å². The normalized spacial score (nSPS) is 11.9. The van der Waals surface area contributed by atoms with E-state index in [0.717, 1.165) is 193 Å². The molecule has 21 aromatic rings. The van der Waals surface area contributed by atoms with E-state index in [1.54, 1.807) is 0 Å². The van der Waals surface area contributed by atoms with Gasteiger partial charge < -0.3 is 18.3 Å². The number of nitriles is 1. The molecule has 6 aromatic heterocycles. The molecule has 0 aliphatic heterocycles. The molecule has 0 saturated carbocycles. The van der Waals surface area contributed by atoms with Crippen molar-refractivity contribution in [3.63, 3.8) is 0 Å². The van der Waals surface area contributed by atoms with Gasteiger partial charge in [-0.15, -0.1) is 0 Å². The second kappa shape index (κ2) is 23.0. The van der Waals surface area contributed by atoms with Crippen molar-refractivity contribution < 1.29 is 0 Å². The first-order chi connectivity index (χ1) is 51.1. The van der Waals surface area contributed by atoms with Gasteiger partial charge in [0.15, 0.2) is 0 Å². The number of hydrogen-bond donors (Lipinski definition) is 0. The highest BCUT2D eigenvalue weighted by Gasteiger charge is 2.36. The minimum absolute atomic E-state index is 0.491. The van der Waals surface area contributed by atoms with Crippen LogP contribution >= 0.6 is 0 Å². The lowest BCUT2D eigenvalue weighted by Crippen LogP contribution is -2.16. The topological polar surface area (TPSA) is 61.3 Å². The summed E-state index contributed by atoms with van der Waals surface area (Å²) in [6.07, 6.45) is 1.89. The number of hydrogen-bond acceptors (Lipinski definition) is 2. The molecule has 21 rings (SSSR count). The van der Waals surface area contributed by atoms with E-state index in [1.807, 2.05) is 12.3 Å². The lowest BCUT2D eigenvalue weighted by Gasteiger charge is -2.29. The molecule has 0 N–H and O–H groups in total. The maximum atomic E-state index is 13.6. The Morgan fingerprint density at radius 1 is 0.214 bits per heavy atom. The second-order valence-corrected chi connectivity index (χ2v) is 26.8. The summed E-state index contributed by atoms with van der Waals surface area (Å²) >= 11 is 0. The largest absolute Gasteiger partial charge is 0.306 e. The minimum Gasteiger partial charge on any atom is -0.306 e. The van der Waals surface area contributed by atoms with Crippen LogP contribution in [0.5, 0.6) is 0 Å². The van der Waals surface area contributed by atoms with E-state index < -0.39 is 0 Å². The van der Waals surface area contributed by atoms with Crippen LogP contribution in [0, 0.1) is 11.3 Å². The zero-order valence-electron chi connectivity index (χ0n) is 55.7. The summed E-state index contributed by atoms with van der Waals surface area (Å²) in [5, 5.41) is 24.4. The SMILES string of the molecule is N#Cc1c(-n2c3ccccc3c3cc(-c4ccccc4)ccc32)c(-n2c3ccccc3c3cc(-c4ccccc4)ccc32)c(-c2ccc(-n3c4ccccc4c4cccnc43)cc2)c(-n2c3ccccc3c3cc(-c4ccccc4)ccc32)c1-n1c2ccccc2c2cc(-c3ccccc3)ccc21. The summed E-state index contributed by atoms with van der Waals surface area (Å²) in [7, 11) is 0. The van der Waals surface area contributed by atoms with Crippen LogP contribution in [-0.4, -0.2) is 27.8 Å². The number of nitrogens with zero attached hydrogens (tertiary/aromatic N) is 7. The predicted octanol–water partition coefficient (Wildman–Crippen LogP) is 24.8. The van der Waals surface area contributed by atoms with E-state index >= 15 is 0 Å². The van der Waals surface area contributed by atoms with Gasteiger partial charge in [-0.05, 0) is 153 Å². The van der Waals surface area contributed by atoms with Crippen LogP contribution in [0.25, 0.3) is 193 Å². The van der Waals surface area contributed by atoms with E-state index in [-0.39, 0.29) is 0 Å². The van der Waals surface area contributed by atoms with Gasteiger partial charge in [-0.25, -0.2) is 4.98 Å². The molecule has 0 bridgehead atoms. The maximum absolute atomic E-state index is 13.6. The fraction of sp³-hybridized carbons (Fsp3) is 0. The third-order valence-corrected chi connectivity index (χ3v) is 21.4. The Bertz CT molecular complexity index is 6690. The molecule has 7 nitrogen and oxygen atoms in total. The first kappa shape index (κ1) is 58.0. The monoisotopic (exact) mass is 1310 g/mol. The average Bonchev–Trinajstić information content (AvgIpc) is 1.57. The van der Waals surface area contributed by atoms with Crippen molar-refractivity contribution in [3.05, 3.63) is 364 Å². The first-order valence-electron chi connectivity index (χ1n) is 35.1. The minimum atomic E-state index is 0.491. The standard InChI is InChI=1S/C96H59N7/c97-60-81-92(100-83-39-19-14-33-72(83)77-56-66(45-51-87(77)100)61-24-5-1-6-25-61)94(102-85-41-21-16-35-74(85)79-58-68(47-53-89(79)102)63-28-9-3-10-29-63)91(65-43-49-70(50-44-65)99-82-38-18-13-32-71(82)76-37-23-55-98-96(76)99)95(103-86-42-22-17-36-75(86)80-59-69(48-54-90(80)103)64-30-11-4-12-31-64)93(81)101-84-40-20-15-34-73(84)78-57-67(46-52-88(78)101)62-26-7-2-8-27-62/h1-59H. The van der Waals surface area contributed by atoms with Crippen molar-refractivity contribution in [1.29, 1.82) is 5.26 Å².